The number of para-hydroxylation sites is 3. The van der Waals surface area contributed by atoms with Crippen molar-refractivity contribution in [1.82, 2.24) is 9.97 Å². The van der Waals surface area contributed by atoms with Gasteiger partial charge in [-0.3, -0.25) is 4.90 Å². The van der Waals surface area contributed by atoms with Crippen LogP contribution in [0.1, 0.15) is 0 Å². The molecule has 168 valence electrons. The summed E-state index contributed by atoms with van der Waals surface area (Å²) < 4.78 is 13.2. The van der Waals surface area contributed by atoms with E-state index in [1.165, 1.54) is 0 Å². The van der Waals surface area contributed by atoms with Gasteiger partial charge in [0.15, 0.2) is 0 Å². The van der Waals surface area contributed by atoms with E-state index in [0.717, 1.165) is 61.0 Å². The summed E-state index contributed by atoms with van der Waals surface area (Å²) in [6, 6.07) is 34.7. The molecule has 0 amide bonds. The van der Waals surface area contributed by atoms with E-state index in [1.54, 1.807) is 0 Å². The molecule has 0 unspecified atom stereocenters. The van der Waals surface area contributed by atoms with Crippen LogP contribution in [0, 0.1) is 0 Å². The fraction of sp³-hybridized carbons (Fsp3) is 0. The Balaban J connectivity index is 1.52. The molecule has 5 nitrogen and oxygen atoms in total. The summed E-state index contributed by atoms with van der Waals surface area (Å²) in [5, 5.41) is 3.03. The van der Waals surface area contributed by atoms with Crippen LogP contribution in [0.15, 0.2) is 118 Å². The standard InChI is InChI=1S/C30H18BN3O2/c1-2-11-20(12-3-1)31-28-26(21-13-5-8-16-24(21)35-28)34(27-22-14-6-9-17-25(22)36-29(27)31)30-32-18-19-10-4-7-15-23(19)33-30/h1-18H. The minimum atomic E-state index is -0.201. The highest BCUT2D eigenvalue weighted by Gasteiger charge is 2.44. The van der Waals surface area contributed by atoms with E-state index in [0.29, 0.717) is 5.95 Å². The molecule has 0 radical (unpaired) electrons. The van der Waals surface area contributed by atoms with Gasteiger partial charge in [-0.15, -0.1) is 0 Å². The Hall–Kier alpha value is -4.84. The molecule has 4 aromatic carbocycles. The maximum atomic E-state index is 6.59. The molecule has 0 fully saturated rings. The van der Waals surface area contributed by atoms with Crippen molar-refractivity contribution in [1.29, 1.82) is 0 Å². The third-order valence-electron chi connectivity index (χ3n) is 6.97. The lowest BCUT2D eigenvalue weighted by molar-refractivity contribution is 0.636. The maximum absolute atomic E-state index is 6.59. The number of hydrogen-bond donors (Lipinski definition) is 0. The van der Waals surface area contributed by atoms with Crippen LogP contribution in [-0.4, -0.2) is 16.7 Å². The summed E-state index contributed by atoms with van der Waals surface area (Å²) in [5.74, 6) is 0.584. The first-order valence-corrected chi connectivity index (χ1v) is 12.0. The topological polar surface area (TPSA) is 55.3 Å². The number of hydrogen-bond acceptors (Lipinski definition) is 5. The number of anilines is 3. The highest BCUT2D eigenvalue weighted by atomic mass is 16.4. The molecule has 6 heteroatoms. The van der Waals surface area contributed by atoms with Crippen LogP contribution in [0.4, 0.5) is 17.3 Å². The summed E-state index contributed by atoms with van der Waals surface area (Å²) >= 11 is 0. The Morgan fingerprint density at radius 2 is 1.19 bits per heavy atom. The zero-order valence-electron chi connectivity index (χ0n) is 19.1. The predicted molar refractivity (Wildman–Crippen MR) is 145 cm³/mol. The van der Waals surface area contributed by atoms with Crippen LogP contribution in [0.25, 0.3) is 32.8 Å². The van der Waals surface area contributed by atoms with E-state index in [2.05, 4.69) is 41.3 Å². The number of aromatic nitrogens is 2. The summed E-state index contributed by atoms with van der Waals surface area (Å²) in [5.41, 5.74) is 7.19. The zero-order chi connectivity index (χ0) is 23.6. The van der Waals surface area contributed by atoms with Gasteiger partial charge in [0.1, 0.15) is 22.5 Å². The van der Waals surface area contributed by atoms with E-state index < -0.39 is 0 Å². The van der Waals surface area contributed by atoms with Crippen molar-refractivity contribution in [3.05, 3.63) is 109 Å². The van der Waals surface area contributed by atoms with Gasteiger partial charge in [-0.05, 0) is 30.3 Å². The van der Waals surface area contributed by atoms with Crippen LogP contribution in [0.5, 0.6) is 0 Å². The van der Waals surface area contributed by atoms with E-state index in [4.69, 9.17) is 18.8 Å². The fourth-order valence-corrected chi connectivity index (χ4v) is 5.40. The highest BCUT2D eigenvalue weighted by molar-refractivity contribution is 6.97. The average Bonchev–Trinajstić information content (AvgIpc) is 3.51. The molecule has 36 heavy (non-hydrogen) atoms. The number of benzene rings is 4. The van der Waals surface area contributed by atoms with Gasteiger partial charge in [0.25, 0.3) is 0 Å². The van der Waals surface area contributed by atoms with Crippen molar-refractivity contribution in [3.8, 4) is 0 Å². The summed E-state index contributed by atoms with van der Waals surface area (Å²) in [4.78, 5) is 11.9. The Morgan fingerprint density at radius 1 is 0.611 bits per heavy atom. The molecule has 0 atom stereocenters. The molecular formula is C30H18BN3O2. The van der Waals surface area contributed by atoms with E-state index >= 15 is 0 Å². The van der Waals surface area contributed by atoms with E-state index in [-0.39, 0.29) is 6.71 Å². The van der Waals surface area contributed by atoms with Crippen molar-refractivity contribution < 1.29 is 8.83 Å². The van der Waals surface area contributed by atoms with Crippen molar-refractivity contribution in [3.63, 3.8) is 0 Å². The normalized spacial score (nSPS) is 12.9. The van der Waals surface area contributed by atoms with Crippen molar-refractivity contribution in [2.24, 2.45) is 0 Å². The molecule has 1 aliphatic heterocycles. The molecule has 0 saturated carbocycles. The molecule has 7 aromatic rings. The third kappa shape index (κ3) is 2.67. The van der Waals surface area contributed by atoms with Crippen LogP contribution in [0.3, 0.4) is 0 Å². The monoisotopic (exact) mass is 463 g/mol. The number of fused-ring (bicyclic) bond motifs is 7. The molecule has 0 N–H and O–H groups in total. The summed E-state index contributed by atoms with van der Waals surface area (Å²) in [6.45, 7) is -0.201. The van der Waals surface area contributed by atoms with Crippen molar-refractivity contribution in [2.45, 2.75) is 0 Å². The minimum absolute atomic E-state index is 0.201. The molecule has 4 heterocycles. The lowest BCUT2D eigenvalue weighted by Gasteiger charge is -2.29. The van der Waals surface area contributed by atoms with Gasteiger partial charge >= 0.3 is 6.71 Å². The zero-order valence-corrected chi connectivity index (χ0v) is 19.1. The van der Waals surface area contributed by atoms with E-state index in [1.807, 2.05) is 72.9 Å². The maximum Gasteiger partial charge on any atom is 0.338 e. The molecule has 0 aliphatic carbocycles. The molecule has 1 aliphatic rings. The predicted octanol–water partition coefficient (Wildman–Crippen LogP) is 5.42. The second kappa shape index (κ2) is 7.33. The van der Waals surface area contributed by atoms with Crippen LogP contribution < -0.4 is 21.7 Å². The number of rotatable bonds is 2. The van der Waals surface area contributed by atoms with Gasteiger partial charge in [0.2, 0.25) is 5.95 Å². The summed E-state index contributed by atoms with van der Waals surface area (Å²) in [7, 11) is 0. The van der Waals surface area contributed by atoms with Crippen molar-refractivity contribution >= 4 is 73.7 Å². The van der Waals surface area contributed by atoms with Gasteiger partial charge in [-0.25, -0.2) is 9.97 Å². The molecule has 8 rings (SSSR count). The molecular weight excluding hydrogens is 445 g/mol. The van der Waals surface area contributed by atoms with Gasteiger partial charge in [0, 0.05) is 22.4 Å². The summed E-state index contributed by atoms with van der Waals surface area (Å²) in [6.07, 6.45) is 1.88. The first kappa shape index (κ1) is 19.5. The van der Waals surface area contributed by atoms with Gasteiger partial charge in [0.05, 0.1) is 16.9 Å². The second-order valence-electron chi connectivity index (χ2n) is 9.03. The van der Waals surface area contributed by atoms with E-state index in [9.17, 15) is 0 Å². The van der Waals surface area contributed by atoms with Crippen LogP contribution in [-0.2, 0) is 0 Å². The van der Waals surface area contributed by atoms with Crippen molar-refractivity contribution in [2.75, 3.05) is 4.90 Å². The first-order chi connectivity index (χ1) is 17.9. The largest absolute Gasteiger partial charge is 0.468 e. The first-order valence-electron chi connectivity index (χ1n) is 12.0. The van der Waals surface area contributed by atoms with Crippen LogP contribution in [0.2, 0.25) is 0 Å². The quantitative estimate of drug-likeness (QED) is 0.321. The second-order valence-corrected chi connectivity index (χ2v) is 9.03. The SMILES string of the molecule is c1ccc(B2c3oc4ccccc4c3N(c3ncc4ccccc4n3)c3c2oc2ccccc32)cc1. The highest BCUT2D eigenvalue weighted by Crippen LogP contribution is 2.43. The Labute approximate surface area is 206 Å². The van der Waals surface area contributed by atoms with Gasteiger partial charge in [-0.1, -0.05) is 78.3 Å². The van der Waals surface area contributed by atoms with Gasteiger partial charge in [-0.2, -0.15) is 0 Å². The fourth-order valence-electron chi connectivity index (χ4n) is 5.40. The molecule has 0 saturated heterocycles. The molecule has 3 aromatic heterocycles. The minimum Gasteiger partial charge on any atom is -0.468 e. The lowest BCUT2D eigenvalue weighted by atomic mass is 9.39. The van der Waals surface area contributed by atoms with Crippen LogP contribution >= 0.6 is 0 Å². The Kier molecular flexibility index (Phi) is 3.96. The molecule has 0 bridgehead atoms. The average molecular weight is 463 g/mol. The Bertz CT molecular complexity index is 1840. The smallest absolute Gasteiger partial charge is 0.338 e. The number of nitrogens with zero attached hydrogens (tertiary/aromatic N) is 3. The van der Waals surface area contributed by atoms with Gasteiger partial charge < -0.3 is 8.83 Å². The Morgan fingerprint density at radius 3 is 1.89 bits per heavy atom. The third-order valence-corrected chi connectivity index (χ3v) is 6.97. The molecule has 0 spiro atoms. The number of furan rings is 2. The lowest BCUT2D eigenvalue weighted by Crippen LogP contribution is -2.56.